The van der Waals surface area contributed by atoms with Crippen LogP contribution < -0.4 is 0 Å². The van der Waals surface area contributed by atoms with Gasteiger partial charge in [-0.25, -0.2) is 0 Å². The minimum absolute atomic E-state index is 0.195. The number of aliphatic hydroxyl groups is 1. The topological polar surface area (TPSA) is 68.4 Å². The van der Waals surface area contributed by atoms with Gasteiger partial charge in [-0.05, 0) is 25.7 Å². The van der Waals surface area contributed by atoms with E-state index in [4.69, 9.17) is 9.26 Å². The van der Waals surface area contributed by atoms with Crippen molar-refractivity contribution in [2.24, 2.45) is 0 Å². The molecule has 1 aliphatic heterocycles. The maximum atomic E-state index is 9.72. The molecule has 1 saturated heterocycles. The molecule has 17 heavy (non-hydrogen) atoms. The molecule has 0 aliphatic carbocycles. The molecule has 1 aromatic rings. The van der Waals surface area contributed by atoms with E-state index in [1.807, 2.05) is 6.92 Å². The smallest absolute Gasteiger partial charge is 0.229 e. The fourth-order valence-corrected chi connectivity index (χ4v) is 2.05. The molecule has 1 N–H and O–H groups in total. The van der Waals surface area contributed by atoms with E-state index in [2.05, 4.69) is 10.1 Å². The second kappa shape index (κ2) is 6.12. The highest BCUT2D eigenvalue weighted by molar-refractivity contribution is 4.92. The molecule has 5 heteroatoms. The lowest BCUT2D eigenvalue weighted by Crippen LogP contribution is -2.21. The molecule has 1 fully saturated rings. The van der Waals surface area contributed by atoms with Crippen LogP contribution in [0.25, 0.3) is 0 Å². The van der Waals surface area contributed by atoms with Crippen LogP contribution in [-0.4, -0.2) is 28.0 Å². The van der Waals surface area contributed by atoms with Crippen molar-refractivity contribution in [2.45, 2.75) is 57.7 Å². The van der Waals surface area contributed by atoms with Gasteiger partial charge in [0.2, 0.25) is 5.89 Å². The first kappa shape index (κ1) is 12.5. The van der Waals surface area contributed by atoms with E-state index in [-0.39, 0.29) is 6.10 Å². The summed E-state index contributed by atoms with van der Waals surface area (Å²) in [7, 11) is 0. The number of aromatic nitrogens is 2. The van der Waals surface area contributed by atoms with Crippen LogP contribution >= 0.6 is 0 Å². The molecule has 1 aromatic heterocycles. The Morgan fingerprint density at radius 2 is 2.35 bits per heavy atom. The molecule has 1 aliphatic rings. The predicted octanol–water partition coefficient (Wildman–Crippen LogP) is 2.01. The first-order chi connectivity index (χ1) is 8.29. The zero-order valence-electron chi connectivity index (χ0n) is 10.3. The van der Waals surface area contributed by atoms with Crippen LogP contribution in [0, 0.1) is 0 Å². The monoisotopic (exact) mass is 240 g/mol. The minimum atomic E-state index is -0.607. The molecule has 0 radical (unpaired) electrons. The van der Waals surface area contributed by atoms with Crippen molar-refractivity contribution in [1.29, 1.82) is 0 Å². The van der Waals surface area contributed by atoms with Gasteiger partial charge in [0.05, 0.1) is 12.5 Å². The van der Waals surface area contributed by atoms with Gasteiger partial charge in [0.1, 0.15) is 6.10 Å². The van der Waals surface area contributed by atoms with Gasteiger partial charge in [-0.3, -0.25) is 0 Å². The van der Waals surface area contributed by atoms with Crippen molar-refractivity contribution in [2.75, 3.05) is 6.61 Å². The summed E-state index contributed by atoms with van der Waals surface area (Å²) < 4.78 is 10.7. The van der Waals surface area contributed by atoms with Crippen molar-refractivity contribution >= 4 is 0 Å². The van der Waals surface area contributed by atoms with Crippen LogP contribution in [0.5, 0.6) is 0 Å². The first-order valence-corrected chi connectivity index (χ1v) is 6.41. The highest BCUT2D eigenvalue weighted by atomic mass is 16.5. The van der Waals surface area contributed by atoms with E-state index in [9.17, 15) is 5.11 Å². The summed E-state index contributed by atoms with van der Waals surface area (Å²) in [4.78, 5) is 4.22. The van der Waals surface area contributed by atoms with Gasteiger partial charge in [-0.1, -0.05) is 18.5 Å². The molecule has 0 amide bonds. The minimum Gasteiger partial charge on any atom is -0.385 e. The Bertz CT molecular complexity index is 334. The lowest BCUT2D eigenvalue weighted by Gasteiger charge is -2.20. The lowest BCUT2D eigenvalue weighted by atomic mass is 10.1. The van der Waals surface area contributed by atoms with E-state index in [0.717, 1.165) is 25.9 Å². The molecule has 2 rings (SSSR count). The number of nitrogens with zero attached hydrogens (tertiary/aromatic N) is 2. The van der Waals surface area contributed by atoms with Crippen LogP contribution in [0.3, 0.4) is 0 Å². The molecule has 2 heterocycles. The lowest BCUT2D eigenvalue weighted by molar-refractivity contribution is 0.0124. The SMILES string of the molecule is CCCC(O)c1noc(CC2CCCCO2)n1. The summed E-state index contributed by atoms with van der Waals surface area (Å²) in [6.45, 7) is 2.84. The fourth-order valence-electron chi connectivity index (χ4n) is 2.05. The van der Waals surface area contributed by atoms with Crippen molar-refractivity contribution in [3.63, 3.8) is 0 Å². The number of hydrogen-bond acceptors (Lipinski definition) is 5. The van der Waals surface area contributed by atoms with Gasteiger partial charge >= 0.3 is 0 Å². The molecule has 2 atom stereocenters. The maximum Gasteiger partial charge on any atom is 0.229 e. The zero-order chi connectivity index (χ0) is 12.1. The van der Waals surface area contributed by atoms with Crippen molar-refractivity contribution in [3.05, 3.63) is 11.7 Å². The van der Waals surface area contributed by atoms with Crippen LogP contribution in [0.15, 0.2) is 4.52 Å². The molecule has 5 nitrogen and oxygen atoms in total. The molecular weight excluding hydrogens is 220 g/mol. The Balaban J connectivity index is 1.88. The summed E-state index contributed by atoms with van der Waals surface area (Å²) in [5.74, 6) is 0.972. The molecule has 96 valence electrons. The summed E-state index contributed by atoms with van der Waals surface area (Å²) >= 11 is 0. The number of ether oxygens (including phenoxy) is 1. The number of aliphatic hydroxyl groups excluding tert-OH is 1. The van der Waals surface area contributed by atoms with E-state index in [1.165, 1.54) is 6.42 Å². The Kier molecular flexibility index (Phi) is 4.50. The molecule has 0 aromatic carbocycles. The summed E-state index contributed by atoms with van der Waals surface area (Å²) in [5, 5.41) is 13.5. The number of hydrogen-bond donors (Lipinski definition) is 1. The number of rotatable bonds is 5. The predicted molar refractivity (Wildman–Crippen MR) is 61.5 cm³/mol. The van der Waals surface area contributed by atoms with Crippen LogP contribution in [0.2, 0.25) is 0 Å². The first-order valence-electron chi connectivity index (χ1n) is 6.41. The van der Waals surface area contributed by atoms with Gasteiger partial charge in [0.25, 0.3) is 0 Å². The van der Waals surface area contributed by atoms with Gasteiger partial charge in [-0.15, -0.1) is 0 Å². The highest BCUT2D eigenvalue weighted by Gasteiger charge is 2.20. The third-order valence-corrected chi connectivity index (χ3v) is 3.02. The summed E-state index contributed by atoms with van der Waals surface area (Å²) in [6, 6.07) is 0. The third kappa shape index (κ3) is 3.51. The summed E-state index contributed by atoms with van der Waals surface area (Å²) in [5.41, 5.74) is 0. The van der Waals surface area contributed by atoms with Gasteiger partial charge < -0.3 is 14.4 Å². The Labute approximate surface area is 101 Å². The molecule has 2 unspecified atom stereocenters. The third-order valence-electron chi connectivity index (χ3n) is 3.02. The molecular formula is C12H20N2O3. The van der Waals surface area contributed by atoms with Crippen molar-refractivity contribution < 1.29 is 14.4 Å². The second-order valence-corrected chi connectivity index (χ2v) is 4.54. The van der Waals surface area contributed by atoms with Crippen LogP contribution in [0.4, 0.5) is 0 Å². The van der Waals surface area contributed by atoms with E-state index < -0.39 is 6.10 Å². The molecule has 0 bridgehead atoms. The van der Waals surface area contributed by atoms with Crippen LogP contribution in [0.1, 0.15) is 56.8 Å². The Hall–Kier alpha value is -0.940. The van der Waals surface area contributed by atoms with E-state index in [1.54, 1.807) is 0 Å². The molecule has 0 saturated carbocycles. The van der Waals surface area contributed by atoms with Gasteiger partial charge in [0.15, 0.2) is 5.82 Å². The fraction of sp³-hybridized carbons (Fsp3) is 0.833. The van der Waals surface area contributed by atoms with E-state index in [0.29, 0.717) is 24.6 Å². The largest absolute Gasteiger partial charge is 0.385 e. The second-order valence-electron chi connectivity index (χ2n) is 4.54. The van der Waals surface area contributed by atoms with E-state index >= 15 is 0 Å². The summed E-state index contributed by atoms with van der Waals surface area (Å²) in [6.07, 6.45) is 5.20. The average molecular weight is 240 g/mol. The zero-order valence-corrected chi connectivity index (χ0v) is 10.3. The van der Waals surface area contributed by atoms with Crippen molar-refractivity contribution in [1.82, 2.24) is 10.1 Å². The Morgan fingerprint density at radius 1 is 1.47 bits per heavy atom. The van der Waals surface area contributed by atoms with Gasteiger partial charge in [0, 0.05) is 6.61 Å². The van der Waals surface area contributed by atoms with Gasteiger partial charge in [-0.2, -0.15) is 4.98 Å². The molecule has 0 spiro atoms. The van der Waals surface area contributed by atoms with Crippen molar-refractivity contribution in [3.8, 4) is 0 Å². The van der Waals surface area contributed by atoms with Crippen LogP contribution in [-0.2, 0) is 11.2 Å². The normalized spacial score (nSPS) is 22.6. The quantitative estimate of drug-likeness (QED) is 0.852. The standard InChI is InChI=1S/C12H20N2O3/c1-2-5-10(15)12-13-11(17-14-12)8-9-6-3-4-7-16-9/h9-10,15H,2-8H2,1H3. The average Bonchev–Trinajstić information content (AvgIpc) is 2.79. The Morgan fingerprint density at radius 3 is 3.06 bits per heavy atom. The maximum absolute atomic E-state index is 9.72. The highest BCUT2D eigenvalue weighted by Crippen LogP contribution is 2.19.